The largest absolute Gasteiger partial charge is 0.478 e. The van der Waals surface area contributed by atoms with Crippen LogP contribution >= 0.6 is 0 Å². The van der Waals surface area contributed by atoms with Crippen molar-refractivity contribution in [3.05, 3.63) is 33.9 Å². The smallest absolute Gasteiger partial charge is 0.337 e. The molecule has 0 saturated carbocycles. The van der Waals surface area contributed by atoms with E-state index in [-0.39, 0.29) is 29.3 Å². The van der Waals surface area contributed by atoms with Gasteiger partial charge in [0.2, 0.25) is 0 Å². The zero-order valence-electron chi connectivity index (χ0n) is 8.97. The number of hydrogen-bond donors (Lipinski definition) is 2. The number of benzene rings is 1. The molecule has 1 aromatic carbocycles. The van der Waals surface area contributed by atoms with Gasteiger partial charge < -0.3 is 10.4 Å². The summed E-state index contributed by atoms with van der Waals surface area (Å²) in [4.78, 5) is 31.5. The van der Waals surface area contributed by atoms with Crippen LogP contribution in [0.1, 0.15) is 17.3 Å². The predicted octanol–water partition coefficient (Wildman–Crippen LogP) is 1.29. The molecule has 0 radical (unpaired) electrons. The quantitative estimate of drug-likeness (QED) is 0.590. The van der Waals surface area contributed by atoms with Crippen LogP contribution in [-0.2, 0) is 4.79 Å². The van der Waals surface area contributed by atoms with E-state index in [1.54, 1.807) is 0 Å². The Morgan fingerprint density at radius 2 is 2.12 bits per heavy atom. The molecule has 17 heavy (non-hydrogen) atoms. The summed E-state index contributed by atoms with van der Waals surface area (Å²) in [6, 6.07) is 3.32. The van der Waals surface area contributed by atoms with Crippen LogP contribution in [-0.4, -0.2) is 28.3 Å². The third-order valence-electron chi connectivity index (χ3n) is 1.97. The molecule has 90 valence electrons. The van der Waals surface area contributed by atoms with E-state index < -0.39 is 10.9 Å². The highest BCUT2D eigenvalue weighted by atomic mass is 16.6. The highest BCUT2D eigenvalue weighted by Crippen LogP contribution is 2.22. The predicted molar refractivity (Wildman–Crippen MR) is 59.2 cm³/mol. The number of Topliss-reactive ketones (excluding diaryl/α,β-unsaturated/α-hetero) is 1. The molecule has 0 aliphatic carbocycles. The minimum Gasteiger partial charge on any atom is -0.478 e. The van der Waals surface area contributed by atoms with E-state index in [0.717, 1.165) is 18.2 Å². The second-order valence-electron chi connectivity index (χ2n) is 3.35. The fourth-order valence-corrected chi connectivity index (χ4v) is 1.20. The number of nitrogens with zero attached hydrogens (tertiary/aromatic N) is 1. The van der Waals surface area contributed by atoms with Crippen molar-refractivity contribution >= 4 is 23.1 Å². The number of anilines is 1. The van der Waals surface area contributed by atoms with E-state index in [9.17, 15) is 19.7 Å². The molecule has 0 fully saturated rings. The Morgan fingerprint density at radius 1 is 1.47 bits per heavy atom. The Kier molecular flexibility index (Phi) is 3.76. The molecule has 0 aromatic heterocycles. The second kappa shape index (κ2) is 5.06. The lowest BCUT2D eigenvalue weighted by atomic mass is 10.1. The van der Waals surface area contributed by atoms with Crippen molar-refractivity contribution in [1.29, 1.82) is 0 Å². The van der Waals surface area contributed by atoms with Crippen molar-refractivity contribution in [3.8, 4) is 0 Å². The Morgan fingerprint density at radius 3 is 2.59 bits per heavy atom. The van der Waals surface area contributed by atoms with E-state index in [1.807, 2.05) is 0 Å². The molecular formula is C10H10N2O5. The summed E-state index contributed by atoms with van der Waals surface area (Å²) in [5, 5.41) is 22.0. The van der Waals surface area contributed by atoms with Crippen molar-refractivity contribution in [2.24, 2.45) is 0 Å². The molecule has 0 heterocycles. The number of carbonyl (C=O) groups is 2. The van der Waals surface area contributed by atoms with Gasteiger partial charge in [0, 0.05) is 12.1 Å². The van der Waals surface area contributed by atoms with Crippen LogP contribution in [0.25, 0.3) is 0 Å². The lowest BCUT2D eigenvalue weighted by molar-refractivity contribution is -0.384. The number of nitro benzene ring substituents is 1. The maximum absolute atomic E-state index is 10.9. The Labute approximate surface area is 96.2 Å². The van der Waals surface area contributed by atoms with Crippen LogP contribution in [0.5, 0.6) is 0 Å². The fraction of sp³-hybridized carbons (Fsp3) is 0.200. The van der Waals surface area contributed by atoms with Gasteiger partial charge in [0.1, 0.15) is 5.78 Å². The van der Waals surface area contributed by atoms with Crippen LogP contribution in [0.4, 0.5) is 11.4 Å². The van der Waals surface area contributed by atoms with Crippen molar-refractivity contribution in [1.82, 2.24) is 0 Å². The molecule has 0 bridgehead atoms. The van der Waals surface area contributed by atoms with Gasteiger partial charge in [-0.25, -0.2) is 4.79 Å². The average molecular weight is 238 g/mol. The molecule has 0 unspecified atom stereocenters. The highest BCUT2D eigenvalue weighted by Gasteiger charge is 2.15. The van der Waals surface area contributed by atoms with Gasteiger partial charge in [-0.15, -0.1) is 0 Å². The maximum atomic E-state index is 10.9. The maximum Gasteiger partial charge on any atom is 0.337 e. The number of carboxylic acid groups (broad SMARTS) is 1. The van der Waals surface area contributed by atoms with Gasteiger partial charge in [0.05, 0.1) is 22.7 Å². The number of non-ortho nitro benzene ring substituents is 1. The number of carboxylic acids is 1. The Hall–Kier alpha value is -2.44. The molecule has 2 N–H and O–H groups in total. The van der Waals surface area contributed by atoms with Crippen molar-refractivity contribution in [3.63, 3.8) is 0 Å². The number of ketones is 1. The Balaban J connectivity index is 3.11. The number of carbonyl (C=O) groups excluding carboxylic acids is 1. The number of nitro groups is 1. The lowest BCUT2D eigenvalue weighted by Crippen LogP contribution is -2.13. The highest BCUT2D eigenvalue weighted by molar-refractivity contribution is 5.95. The van der Waals surface area contributed by atoms with Gasteiger partial charge in [-0.1, -0.05) is 0 Å². The van der Waals surface area contributed by atoms with Gasteiger partial charge in [0.15, 0.2) is 0 Å². The summed E-state index contributed by atoms with van der Waals surface area (Å²) in [7, 11) is 0. The summed E-state index contributed by atoms with van der Waals surface area (Å²) in [5.74, 6) is -1.42. The molecule has 1 aromatic rings. The summed E-state index contributed by atoms with van der Waals surface area (Å²) in [6.07, 6.45) is 0. The lowest BCUT2D eigenvalue weighted by Gasteiger charge is -2.07. The van der Waals surface area contributed by atoms with Crippen LogP contribution in [0.3, 0.4) is 0 Å². The SMILES string of the molecule is CC(=O)CNc1cc([N+](=O)[O-])ccc1C(=O)O. The minimum atomic E-state index is -1.22. The molecule has 0 aliphatic heterocycles. The molecule has 7 nitrogen and oxygen atoms in total. The number of nitrogens with one attached hydrogen (secondary N) is 1. The average Bonchev–Trinajstić information content (AvgIpc) is 2.25. The number of rotatable bonds is 5. The van der Waals surface area contributed by atoms with Crippen molar-refractivity contribution < 1.29 is 19.6 Å². The number of aromatic carboxylic acids is 1. The topological polar surface area (TPSA) is 110 Å². The first-order valence-electron chi connectivity index (χ1n) is 4.67. The summed E-state index contributed by atoms with van der Waals surface area (Å²) >= 11 is 0. The van der Waals surface area contributed by atoms with E-state index in [2.05, 4.69) is 5.32 Å². The van der Waals surface area contributed by atoms with Gasteiger partial charge >= 0.3 is 5.97 Å². The normalized spacial score (nSPS) is 9.71. The summed E-state index contributed by atoms with van der Waals surface area (Å²) < 4.78 is 0. The first-order valence-corrected chi connectivity index (χ1v) is 4.67. The third kappa shape index (κ3) is 3.26. The third-order valence-corrected chi connectivity index (χ3v) is 1.97. The minimum absolute atomic E-state index is 0.0573. The molecule has 0 spiro atoms. The molecule has 0 aliphatic rings. The first-order chi connectivity index (χ1) is 7.91. The molecule has 1 rings (SSSR count). The molecule has 0 saturated heterocycles. The van der Waals surface area contributed by atoms with Crippen molar-refractivity contribution in [2.75, 3.05) is 11.9 Å². The molecule has 0 amide bonds. The van der Waals surface area contributed by atoms with Crippen LogP contribution in [0.2, 0.25) is 0 Å². The first kappa shape index (κ1) is 12.6. The molecule has 0 atom stereocenters. The summed E-state index contributed by atoms with van der Waals surface area (Å²) in [5.41, 5.74) is -0.292. The molecular weight excluding hydrogens is 228 g/mol. The fourth-order valence-electron chi connectivity index (χ4n) is 1.20. The van der Waals surface area contributed by atoms with Gasteiger partial charge in [-0.05, 0) is 13.0 Å². The zero-order valence-corrected chi connectivity index (χ0v) is 8.97. The van der Waals surface area contributed by atoms with Crippen LogP contribution < -0.4 is 5.32 Å². The Bertz CT molecular complexity index is 484. The number of hydrogen-bond acceptors (Lipinski definition) is 5. The molecule has 7 heteroatoms. The van der Waals surface area contributed by atoms with Crippen LogP contribution in [0, 0.1) is 10.1 Å². The van der Waals surface area contributed by atoms with E-state index in [0.29, 0.717) is 0 Å². The zero-order chi connectivity index (χ0) is 13.0. The standard InChI is InChI=1S/C10H10N2O5/c1-6(13)5-11-9-4-7(12(16)17)2-3-8(9)10(14)15/h2-4,11H,5H2,1H3,(H,14,15). The van der Waals surface area contributed by atoms with Gasteiger partial charge in [-0.2, -0.15) is 0 Å². The monoisotopic (exact) mass is 238 g/mol. The van der Waals surface area contributed by atoms with Gasteiger partial charge in [0.25, 0.3) is 5.69 Å². The van der Waals surface area contributed by atoms with E-state index >= 15 is 0 Å². The second-order valence-corrected chi connectivity index (χ2v) is 3.35. The van der Waals surface area contributed by atoms with Gasteiger partial charge in [-0.3, -0.25) is 14.9 Å². The van der Waals surface area contributed by atoms with E-state index in [4.69, 9.17) is 5.11 Å². The summed E-state index contributed by atoms with van der Waals surface area (Å²) in [6.45, 7) is 1.24. The van der Waals surface area contributed by atoms with Crippen molar-refractivity contribution in [2.45, 2.75) is 6.92 Å². The van der Waals surface area contributed by atoms with E-state index in [1.165, 1.54) is 6.92 Å². The van der Waals surface area contributed by atoms with Crippen LogP contribution in [0.15, 0.2) is 18.2 Å².